The van der Waals surface area contributed by atoms with Crippen LogP contribution in [0, 0.1) is 0 Å². The number of benzene rings is 1. The molecule has 0 spiro atoms. The highest BCUT2D eigenvalue weighted by Crippen LogP contribution is 2.14. The zero-order valence-electron chi connectivity index (χ0n) is 7.97. The third-order valence-electron chi connectivity index (χ3n) is 1.73. The van der Waals surface area contributed by atoms with E-state index in [1.54, 1.807) is 24.3 Å². The van der Waals surface area contributed by atoms with E-state index < -0.39 is 6.61 Å². The predicted molar refractivity (Wildman–Crippen MR) is 50.5 cm³/mol. The number of halogens is 2. The molecule has 0 aromatic heterocycles. The lowest BCUT2D eigenvalue weighted by Gasteiger charge is -2.05. The normalized spacial score (nSPS) is 10.6. The molecule has 78 valence electrons. The molecule has 0 aliphatic rings. The first-order valence-corrected chi connectivity index (χ1v) is 4.47. The largest absolute Gasteiger partial charge is 0.435 e. The van der Waals surface area contributed by atoms with Crippen LogP contribution in [0.4, 0.5) is 8.78 Å². The molecule has 1 aromatic carbocycles. The van der Waals surface area contributed by atoms with Crippen molar-refractivity contribution in [3.8, 4) is 5.75 Å². The third kappa shape index (κ3) is 3.70. The number of rotatable bonds is 5. The van der Waals surface area contributed by atoms with Crippen molar-refractivity contribution >= 4 is 0 Å². The van der Waals surface area contributed by atoms with Crippen molar-refractivity contribution in [3.05, 3.63) is 29.8 Å². The summed E-state index contributed by atoms with van der Waals surface area (Å²) in [6.45, 7) is 0.879. The van der Waals surface area contributed by atoms with Crippen LogP contribution in [0.1, 0.15) is 12.5 Å². The van der Waals surface area contributed by atoms with E-state index in [1.165, 1.54) is 0 Å². The summed E-state index contributed by atoms with van der Waals surface area (Å²) >= 11 is 0. The molecule has 2 nitrogen and oxygen atoms in total. The highest BCUT2D eigenvalue weighted by Gasteiger charge is 2.02. The van der Waals surface area contributed by atoms with Crippen molar-refractivity contribution in [2.75, 3.05) is 6.54 Å². The van der Waals surface area contributed by atoms with Crippen LogP contribution in [0.15, 0.2) is 24.3 Å². The van der Waals surface area contributed by atoms with Gasteiger partial charge in [0.15, 0.2) is 0 Å². The van der Waals surface area contributed by atoms with Crippen LogP contribution >= 0.6 is 0 Å². The number of hydrogen-bond acceptors (Lipinski definition) is 2. The van der Waals surface area contributed by atoms with Crippen molar-refractivity contribution in [1.29, 1.82) is 0 Å². The fourth-order valence-corrected chi connectivity index (χ4v) is 1.06. The maximum atomic E-state index is 11.8. The van der Waals surface area contributed by atoms with Crippen molar-refractivity contribution in [2.45, 2.75) is 20.1 Å². The van der Waals surface area contributed by atoms with E-state index in [-0.39, 0.29) is 5.75 Å². The van der Waals surface area contributed by atoms with Gasteiger partial charge >= 0.3 is 6.61 Å². The first-order chi connectivity index (χ1) is 6.72. The Morgan fingerprint density at radius 2 is 1.93 bits per heavy atom. The summed E-state index contributed by atoms with van der Waals surface area (Å²) in [5.41, 5.74) is 1.05. The van der Waals surface area contributed by atoms with Gasteiger partial charge in [0.2, 0.25) is 0 Å². The van der Waals surface area contributed by atoms with Gasteiger partial charge in [0.05, 0.1) is 0 Å². The standard InChI is InChI=1S/C10H13F2NO/c1-2-13-7-8-3-5-9(6-4-8)14-10(11)12/h3-6,10,13H,2,7H2,1H3. The molecule has 0 radical (unpaired) electrons. The van der Waals surface area contributed by atoms with Crippen molar-refractivity contribution < 1.29 is 13.5 Å². The molecule has 0 saturated heterocycles. The molecule has 0 amide bonds. The van der Waals surface area contributed by atoms with Crippen molar-refractivity contribution in [1.82, 2.24) is 5.32 Å². The van der Waals surface area contributed by atoms with Gasteiger partial charge in [0, 0.05) is 6.54 Å². The zero-order chi connectivity index (χ0) is 10.4. The second kappa shape index (κ2) is 5.54. The first kappa shape index (κ1) is 10.9. The summed E-state index contributed by atoms with van der Waals surface area (Å²) in [6, 6.07) is 6.61. The Labute approximate surface area is 81.9 Å². The van der Waals surface area contributed by atoms with E-state index in [0.717, 1.165) is 18.7 Å². The van der Waals surface area contributed by atoms with Crippen LogP contribution in [0.5, 0.6) is 5.75 Å². The Kier molecular flexibility index (Phi) is 4.32. The van der Waals surface area contributed by atoms with Crippen molar-refractivity contribution in [3.63, 3.8) is 0 Å². The molecule has 1 aromatic rings. The highest BCUT2D eigenvalue weighted by molar-refractivity contribution is 5.27. The van der Waals surface area contributed by atoms with Crippen LogP contribution in [0.25, 0.3) is 0 Å². The molecule has 1 N–H and O–H groups in total. The monoisotopic (exact) mass is 201 g/mol. The molecule has 4 heteroatoms. The fourth-order valence-electron chi connectivity index (χ4n) is 1.06. The summed E-state index contributed by atoms with van der Waals surface area (Å²) in [7, 11) is 0. The van der Waals surface area contributed by atoms with Gasteiger partial charge in [0.1, 0.15) is 5.75 Å². The Morgan fingerprint density at radius 3 is 2.43 bits per heavy atom. The second-order valence-corrected chi connectivity index (χ2v) is 2.80. The van der Waals surface area contributed by atoms with E-state index in [2.05, 4.69) is 10.1 Å². The summed E-state index contributed by atoms with van der Waals surface area (Å²) < 4.78 is 27.8. The highest BCUT2D eigenvalue weighted by atomic mass is 19.3. The maximum Gasteiger partial charge on any atom is 0.387 e. The lowest BCUT2D eigenvalue weighted by molar-refractivity contribution is -0.0498. The van der Waals surface area contributed by atoms with Gasteiger partial charge in [-0.3, -0.25) is 0 Å². The fraction of sp³-hybridized carbons (Fsp3) is 0.400. The molecule has 1 rings (SSSR count). The van der Waals surface area contributed by atoms with Crippen LogP contribution in [-0.4, -0.2) is 13.2 Å². The Bertz CT molecular complexity index is 261. The Morgan fingerprint density at radius 1 is 1.29 bits per heavy atom. The lowest BCUT2D eigenvalue weighted by Crippen LogP contribution is -2.11. The van der Waals surface area contributed by atoms with Gasteiger partial charge < -0.3 is 10.1 Å². The van der Waals surface area contributed by atoms with Gasteiger partial charge in [-0.1, -0.05) is 19.1 Å². The first-order valence-electron chi connectivity index (χ1n) is 4.47. The maximum absolute atomic E-state index is 11.8. The van der Waals surface area contributed by atoms with E-state index in [4.69, 9.17) is 0 Å². The summed E-state index contributed by atoms with van der Waals surface area (Å²) in [5, 5.41) is 3.14. The summed E-state index contributed by atoms with van der Waals surface area (Å²) in [4.78, 5) is 0. The van der Waals surface area contributed by atoms with E-state index in [1.807, 2.05) is 6.92 Å². The summed E-state index contributed by atoms with van der Waals surface area (Å²) in [6.07, 6.45) is 0. The molecular formula is C10H13F2NO. The van der Waals surface area contributed by atoms with Crippen LogP contribution in [0.2, 0.25) is 0 Å². The minimum absolute atomic E-state index is 0.195. The molecule has 0 fully saturated rings. The molecule has 0 atom stereocenters. The molecule has 0 unspecified atom stereocenters. The van der Waals surface area contributed by atoms with Gasteiger partial charge in [-0.15, -0.1) is 0 Å². The van der Waals surface area contributed by atoms with E-state index >= 15 is 0 Å². The molecule has 14 heavy (non-hydrogen) atoms. The quantitative estimate of drug-likeness (QED) is 0.789. The third-order valence-corrected chi connectivity index (χ3v) is 1.73. The van der Waals surface area contributed by atoms with Gasteiger partial charge in [-0.25, -0.2) is 0 Å². The predicted octanol–water partition coefficient (Wildman–Crippen LogP) is 2.40. The molecule has 0 bridgehead atoms. The SMILES string of the molecule is CCNCc1ccc(OC(F)F)cc1. The average molecular weight is 201 g/mol. The van der Waals surface area contributed by atoms with Gasteiger partial charge in [-0.2, -0.15) is 8.78 Å². The minimum atomic E-state index is -2.75. The lowest BCUT2D eigenvalue weighted by atomic mass is 10.2. The van der Waals surface area contributed by atoms with Crippen LogP contribution < -0.4 is 10.1 Å². The smallest absolute Gasteiger partial charge is 0.387 e. The molecule has 0 saturated carbocycles. The molecular weight excluding hydrogens is 188 g/mol. The number of nitrogens with one attached hydrogen (secondary N) is 1. The molecule has 0 aliphatic carbocycles. The Hall–Kier alpha value is -1.16. The average Bonchev–Trinajstić information content (AvgIpc) is 2.16. The zero-order valence-corrected chi connectivity index (χ0v) is 7.97. The van der Waals surface area contributed by atoms with E-state index in [0.29, 0.717) is 0 Å². The van der Waals surface area contributed by atoms with Gasteiger partial charge in [0.25, 0.3) is 0 Å². The minimum Gasteiger partial charge on any atom is -0.435 e. The second-order valence-electron chi connectivity index (χ2n) is 2.80. The van der Waals surface area contributed by atoms with Gasteiger partial charge in [-0.05, 0) is 24.2 Å². The van der Waals surface area contributed by atoms with E-state index in [9.17, 15) is 8.78 Å². The van der Waals surface area contributed by atoms with Crippen LogP contribution in [-0.2, 0) is 6.54 Å². The molecule has 0 heterocycles. The Balaban J connectivity index is 2.50. The summed E-state index contributed by atoms with van der Waals surface area (Å²) in [5.74, 6) is 0.195. The topological polar surface area (TPSA) is 21.3 Å². The van der Waals surface area contributed by atoms with Crippen molar-refractivity contribution in [2.24, 2.45) is 0 Å². The molecule has 0 aliphatic heterocycles. The van der Waals surface area contributed by atoms with Crippen LogP contribution in [0.3, 0.4) is 0 Å². The number of ether oxygens (including phenoxy) is 1. The number of hydrogen-bond donors (Lipinski definition) is 1. The number of alkyl halides is 2.